The molecule has 2 atom stereocenters. The van der Waals surface area contributed by atoms with Gasteiger partial charge in [0.2, 0.25) is 5.91 Å². The predicted octanol–water partition coefficient (Wildman–Crippen LogP) is 6.57. The Morgan fingerprint density at radius 3 is 2.47 bits per heavy atom. The predicted molar refractivity (Wildman–Crippen MR) is 201 cm³/mol. The van der Waals surface area contributed by atoms with E-state index in [1.54, 1.807) is 49.4 Å². The maximum Gasteiger partial charge on any atom is 0.311 e. The second-order valence-electron chi connectivity index (χ2n) is 12.9. The highest BCUT2D eigenvalue weighted by Crippen LogP contribution is 2.37. The van der Waals surface area contributed by atoms with Gasteiger partial charge in [0, 0.05) is 51.3 Å². The smallest absolute Gasteiger partial charge is 0.311 e. The summed E-state index contributed by atoms with van der Waals surface area (Å²) in [5, 5.41) is 14.2. The normalized spacial score (nSPS) is 14.6. The van der Waals surface area contributed by atoms with Gasteiger partial charge in [-0.2, -0.15) is 0 Å². The number of piperidine rings is 1. The summed E-state index contributed by atoms with van der Waals surface area (Å²) >= 11 is 6.03. The number of nitrogens with one attached hydrogen (secondary N) is 1. The van der Waals surface area contributed by atoms with Gasteiger partial charge in [-0.25, -0.2) is 0 Å². The molecule has 12 heteroatoms. The fourth-order valence-corrected chi connectivity index (χ4v) is 7.83. The lowest BCUT2D eigenvalue weighted by atomic mass is 9.92. The highest BCUT2D eigenvalue weighted by Gasteiger charge is 2.30. The van der Waals surface area contributed by atoms with Crippen LogP contribution in [-0.4, -0.2) is 81.4 Å². The number of methoxy groups -OCH3 is 1. The number of nitrogens with zero attached hydrogens (tertiary/aromatic N) is 2. The molecule has 3 aromatic carbocycles. The SMILES string of the molecule is COc1ccc2c(c1)c(C(CCCS(=O)CC(=O)NCCCOc1cccc(CN3CCCCC3)c1)C(=O)O)c(C)n2C(=O)c1ccc(Cl)cc1. The van der Waals surface area contributed by atoms with Gasteiger partial charge in [-0.1, -0.05) is 30.2 Å². The molecule has 10 nitrogen and oxygen atoms in total. The molecule has 1 fully saturated rings. The Morgan fingerprint density at radius 1 is 0.980 bits per heavy atom. The molecule has 1 amide bonds. The van der Waals surface area contributed by atoms with Gasteiger partial charge in [-0.05, 0) is 118 Å². The van der Waals surface area contributed by atoms with E-state index in [1.807, 2.05) is 12.1 Å². The number of rotatable bonds is 17. The molecular weight excluding hydrogens is 690 g/mol. The van der Waals surface area contributed by atoms with E-state index in [0.29, 0.717) is 64.5 Å². The number of carboxylic acid groups (broad SMARTS) is 1. The van der Waals surface area contributed by atoms with E-state index in [2.05, 4.69) is 22.3 Å². The van der Waals surface area contributed by atoms with E-state index in [9.17, 15) is 23.7 Å². The highest BCUT2D eigenvalue weighted by molar-refractivity contribution is 7.85. The molecular formula is C39H46ClN3O7S. The Morgan fingerprint density at radius 2 is 1.75 bits per heavy atom. The van der Waals surface area contributed by atoms with Gasteiger partial charge in [0.25, 0.3) is 5.91 Å². The molecule has 4 aromatic rings. The zero-order chi connectivity index (χ0) is 36.3. The van der Waals surface area contributed by atoms with Gasteiger partial charge in [-0.15, -0.1) is 0 Å². The molecule has 1 aliphatic heterocycles. The van der Waals surface area contributed by atoms with Crippen molar-refractivity contribution in [2.45, 2.75) is 57.9 Å². The number of carbonyl (C=O) groups excluding carboxylic acids is 2. The number of ether oxygens (including phenoxy) is 2. The van der Waals surface area contributed by atoms with Crippen LogP contribution in [0.2, 0.25) is 5.02 Å². The Hall–Kier alpha value is -4.19. The fourth-order valence-electron chi connectivity index (χ4n) is 6.68. The van der Waals surface area contributed by atoms with Crippen LogP contribution in [0.15, 0.2) is 66.7 Å². The van der Waals surface area contributed by atoms with Crippen molar-refractivity contribution in [1.82, 2.24) is 14.8 Å². The monoisotopic (exact) mass is 735 g/mol. The number of hydrogen-bond acceptors (Lipinski definition) is 7. The molecule has 1 saturated heterocycles. The first-order chi connectivity index (χ1) is 24.6. The molecule has 0 bridgehead atoms. The summed E-state index contributed by atoms with van der Waals surface area (Å²) in [6, 6.07) is 19.9. The molecule has 0 radical (unpaired) electrons. The molecule has 0 spiro atoms. The zero-order valence-electron chi connectivity index (χ0n) is 29.2. The molecule has 1 aromatic heterocycles. The van der Waals surface area contributed by atoms with E-state index in [-0.39, 0.29) is 29.7 Å². The lowest BCUT2D eigenvalue weighted by Gasteiger charge is -2.26. The molecule has 0 aliphatic carbocycles. The largest absolute Gasteiger partial charge is 0.497 e. The van der Waals surface area contributed by atoms with Gasteiger partial charge in [0.1, 0.15) is 17.3 Å². The van der Waals surface area contributed by atoms with Gasteiger partial charge in [0.05, 0.1) is 25.2 Å². The van der Waals surface area contributed by atoms with Crippen LogP contribution >= 0.6 is 11.6 Å². The van der Waals surface area contributed by atoms with Crippen LogP contribution < -0.4 is 14.8 Å². The summed E-state index contributed by atoms with van der Waals surface area (Å²) in [7, 11) is 0.0458. The lowest BCUT2D eigenvalue weighted by molar-refractivity contribution is -0.139. The second-order valence-corrected chi connectivity index (χ2v) is 14.9. The van der Waals surface area contributed by atoms with Crippen LogP contribution in [0.5, 0.6) is 11.5 Å². The molecule has 2 heterocycles. The lowest BCUT2D eigenvalue weighted by Crippen LogP contribution is -2.30. The van der Waals surface area contributed by atoms with Crippen molar-refractivity contribution >= 4 is 51.1 Å². The number of amides is 1. The summed E-state index contributed by atoms with van der Waals surface area (Å²) in [5.41, 5.74) is 3.19. The summed E-state index contributed by atoms with van der Waals surface area (Å²) in [6.45, 7) is 5.76. The summed E-state index contributed by atoms with van der Waals surface area (Å²) in [4.78, 5) is 41.3. The highest BCUT2D eigenvalue weighted by atomic mass is 35.5. The summed E-state index contributed by atoms with van der Waals surface area (Å²) in [5.74, 6) is -1.33. The van der Waals surface area contributed by atoms with Crippen molar-refractivity contribution in [3.05, 3.63) is 94.1 Å². The Kier molecular flexibility index (Phi) is 13.7. The van der Waals surface area contributed by atoms with E-state index in [1.165, 1.54) is 36.5 Å². The maximum absolute atomic E-state index is 13.7. The zero-order valence-corrected chi connectivity index (χ0v) is 30.8. The minimum absolute atomic E-state index is 0.164. The minimum atomic E-state index is -1.48. The van der Waals surface area contributed by atoms with Gasteiger partial charge < -0.3 is 19.9 Å². The van der Waals surface area contributed by atoms with Crippen molar-refractivity contribution in [3.8, 4) is 11.5 Å². The Labute approximate surface area is 306 Å². The van der Waals surface area contributed by atoms with E-state index >= 15 is 0 Å². The number of halogens is 1. The Balaban J connectivity index is 1.12. The van der Waals surface area contributed by atoms with Crippen LogP contribution in [0.25, 0.3) is 10.9 Å². The minimum Gasteiger partial charge on any atom is -0.497 e. The van der Waals surface area contributed by atoms with Crippen molar-refractivity contribution in [2.24, 2.45) is 0 Å². The number of aromatic nitrogens is 1. The third-order valence-electron chi connectivity index (χ3n) is 9.22. The first-order valence-electron chi connectivity index (χ1n) is 17.4. The maximum atomic E-state index is 13.7. The molecule has 2 N–H and O–H groups in total. The fraction of sp³-hybridized carbons (Fsp3) is 0.410. The Bertz CT molecular complexity index is 1850. The number of likely N-dealkylation sites (tertiary alicyclic amines) is 1. The number of benzene rings is 3. The number of carbonyl (C=O) groups is 3. The van der Waals surface area contributed by atoms with Crippen LogP contribution in [0, 0.1) is 6.92 Å². The van der Waals surface area contributed by atoms with Crippen LogP contribution in [0.4, 0.5) is 0 Å². The van der Waals surface area contributed by atoms with Crippen LogP contribution in [0.1, 0.15) is 71.6 Å². The third-order valence-corrected chi connectivity index (χ3v) is 10.8. The molecule has 0 saturated carbocycles. The van der Waals surface area contributed by atoms with Crippen LogP contribution in [-0.2, 0) is 26.9 Å². The number of aliphatic carboxylic acids is 1. The van der Waals surface area contributed by atoms with Crippen molar-refractivity contribution in [1.29, 1.82) is 0 Å². The van der Waals surface area contributed by atoms with Crippen LogP contribution in [0.3, 0.4) is 0 Å². The van der Waals surface area contributed by atoms with E-state index in [4.69, 9.17) is 21.1 Å². The first-order valence-corrected chi connectivity index (χ1v) is 19.3. The second kappa shape index (κ2) is 18.3. The average molecular weight is 736 g/mol. The number of hydrogen-bond donors (Lipinski definition) is 2. The van der Waals surface area contributed by atoms with Gasteiger partial charge in [-0.3, -0.25) is 28.1 Å². The summed E-state index contributed by atoms with van der Waals surface area (Å²) < 4.78 is 25.7. The number of fused-ring (bicyclic) bond motifs is 1. The van der Waals surface area contributed by atoms with Crippen molar-refractivity contribution in [3.63, 3.8) is 0 Å². The standard InChI is InChI=1S/C39H46ClN3O7S/c1-27-37(34-24-31(49-2)16-17-35(34)43(27)38(45)29-12-14-30(40)15-13-29)33(39(46)47)11-7-22-51(48)26-36(44)41-18-8-21-50-32-10-6-9-28(23-32)25-42-19-4-3-5-20-42/h6,9-10,12-17,23-24,33H,3-5,7-8,11,18-22,25-26H2,1-2H3,(H,41,44)(H,46,47). The van der Waals surface area contributed by atoms with Gasteiger partial charge >= 0.3 is 5.97 Å². The molecule has 5 rings (SSSR count). The molecule has 51 heavy (non-hydrogen) atoms. The molecule has 1 aliphatic rings. The van der Waals surface area contributed by atoms with E-state index < -0.39 is 22.7 Å². The molecule has 2 unspecified atom stereocenters. The topological polar surface area (TPSA) is 127 Å². The van der Waals surface area contributed by atoms with Crippen molar-refractivity contribution < 1.29 is 33.2 Å². The van der Waals surface area contributed by atoms with Crippen molar-refractivity contribution in [2.75, 3.05) is 44.9 Å². The quantitative estimate of drug-likeness (QED) is 0.117. The summed E-state index contributed by atoms with van der Waals surface area (Å²) in [6.07, 6.45) is 4.89. The number of carboxylic acids is 1. The third kappa shape index (κ3) is 10.2. The molecule has 272 valence electrons. The average Bonchev–Trinajstić information content (AvgIpc) is 3.40. The van der Waals surface area contributed by atoms with Gasteiger partial charge in [0.15, 0.2) is 0 Å². The first kappa shape index (κ1) is 38.1. The van der Waals surface area contributed by atoms with E-state index in [0.717, 1.165) is 25.4 Å².